The van der Waals surface area contributed by atoms with Crippen LogP contribution < -0.4 is 4.90 Å². The number of fused-ring (bicyclic) bond motifs is 3. The molecule has 11 heteroatoms. The number of nitro groups is 1. The molecular formula is C20H19N7O3S. The highest BCUT2D eigenvalue weighted by molar-refractivity contribution is 7.99. The van der Waals surface area contributed by atoms with E-state index in [1.807, 2.05) is 33.6 Å². The number of aromatic nitrogens is 4. The van der Waals surface area contributed by atoms with Crippen LogP contribution in [-0.2, 0) is 4.79 Å². The normalized spacial score (nSPS) is 14.5. The molecule has 10 nitrogen and oxygen atoms in total. The highest BCUT2D eigenvalue weighted by Crippen LogP contribution is 2.28. The fourth-order valence-electron chi connectivity index (χ4n) is 3.84. The Labute approximate surface area is 181 Å². The van der Waals surface area contributed by atoms with Crippen molar-refractivity contribution in [2.24, 2.45) is 0 Å². The minimum Gasteiger partial charge on any atom is -0.362 e. The van der Waals surface area contributed by atoms with Gasteiger partial charge in [-0.1, -0.05) is 36.0 Å². The standard InChI is InChI=1S/C20H19N7O3S/c28-18(13-31-20-23-22-19-21-14-5-1-2-6-15(14)26(19)20)25-11-9-24(10-12-25)16-7-3-4-8-17(16)27(29)30/h1-8H,9-13H2,(H,21,22). The molecule has 5 rings (SSSR count). The van der Waals surface area contributed by atoms with E-state index in [1.54, 1.807) is 23.1 Å². The molecule has 2 aromatic carbocycles. The zero-order valence-corrected chi connectivity index (χ0v) is 17.3. The maximum Gasteiger partial charge on any atom is 0.292 e. The largest absolute Gasteiger partial charge is 0.362 e. The van der Waals surface area contributed by atoms with Crippen LogP contribution in [0.25, 0.3) is 16.8 Å². The summed E-state index contributed by atoms with van der Waals surface area (Å²) in [5.41, 5.74) is 2.50. The number of H-pyrrole nitrogens is 1. The monoisotopic (exact) mass is 437 g/mol. The van der Waals surface area contributed by atoms with Crippen LogP contribution in [0.2, 0.25) is 0 Å². The first-order chi connectivity index (χ1) is 15.1. The quantitative estimate of drug-likeness (QED) is 0.290. The van der Waals surface area contributed by atoms with Gasteiger partial charge >= 0.3 is 0 Å². The molecule has 0 bridgehead atoms. The third-order valence-electron chi connectivity index (χ3n) is 5.38. The van der Waals surface area contributed by atoms with Crippen molar-refractivity contribution < 1.29 is 9.72 Å². The van der Waals surface area contributed by atoms with E-state index in [2.05, 4.69) is 15.2 Å². The molecule has 1 aliphatic rings. The number of thioether (sulfide) groups is 1. The van der Waals surface area contributed by atoms with E-state index < -0.39 is 0 Å². The number of benzene rings is 2. The molecule has 3 heterocycles. The zero-order valence-electron chi connectivity index (χ0n) is 16.5. The van der Waals surface area contributed by atoms with Gasteiger partial charge in [-0.25, -0.2) is 10.1 Å². The zero-order chi connectivity index (χ0) is 21.4. The second-order valence-corrected chi connectivity index (χ2v) is 8.11. The van der Waals surface area contributed by atoms with Crippen LogP contribution >= 0.6 is 11.8 Å². The minimum absolute atomic E-state index is 0.0211. The molecule has 1 amide bonds. The Balaban J connectivity index is 1.23. The summed E-state index contributed by atoms with van der Waals surface area (Å²) < 4.78 is 1.92. The van der Waals surface area contributed by atoms with Crippen molar-refractivity contribution in [1.82, 2.24) is 24.5 Å². The van der Waals surface area contributed by atoms with E-state index in [-0.39, 0.29) is 22.3 Å². The number of hydrogen-bond donors (Lipinski definition) is 1. The Morgan fingerprint density at radius 2 is 1.84 bits per heavy atom. The first-order valence-electron chi connectivity index (χ1n) is 9.82. The Bertz CT molecular complexity index is 1280. The van der Waals surface area contributed by atoms with Crippen molar-refractivity contribution in [3.8, 4) is 0 Å². The number of imidazole rings is 1. The Morgan fingerprint density at radius 1 is 1.10 bits per heavy atom. The van der Waals surface area contributed by atoms with E-state index in [9.17, 15) is 14.9 Å². The molecule has 1 saturated heterocycles. The van der Waals surface area contributed by atoms with Gasteiger partial charge in [-0.05, 0) is 18.2 Å². The third kappa shape index (κ3) is 3.56. The summed E-state index contributed by atoms with van der Waals surface area (Å²) in [4.78, 5) is 31.9. The van der Waals surface area contributed by atoms with Gasteiger partial charge in [0.25, 0.3) is 5.69 Å². The van der Waals surface area contributed by atoms with E-state index in [0.717, 1.165) is 11.0 Å². The molecular weight excluding hydrogens is 418 g/mol. The number of rotatable bonds is 5. The predicted molar refractivity (Wildman–Crippen MR) is 117 cm³/mol. The lowest BCUT2D eigenvalue weighted by molar-refractivity contribution is -0.384. The van der Waals surface area contributed by atoms with Crippen molar-refractivity contribution in [1.29, 1.82) is 0 Å². The lowest BCUT2D eigenvalue weighted by atomic mass is 10.2. The number of carbonyl (C=O) groups excluding carboxylic acids is 1. The van der Waals surface area contributed by atoms with Crippen molar-refractivity contribution in [3.05, 3.63) is 58.6 Å². The molecule has 0 unspecified atom stereocenters. The van der Waals surface area contributed by atoms with Gasteiger partial charge in [-0.15, -0.1) is 5.10 Å². The minimum atomic E-state index is -0.367. The van der Waals surface area contributed by atoms with E-state index in [1.165, 1.54) is 17.8 Å². The van der Waals surface area contributed by atoms with E-state index >= 15 is 0 Å². The van der Waals surface area contributed by atoms with Gasteiger partial charge in [-0.2, -0.15) is 0 Å². The number of nitrogens with zero attached hydrogens (tertiary/aromatic N) is 6. The van der Waals surface area contributed by atoms with Gasteiger partial charge in [0.15, 0.2) is 5.16 Å². The number of aromatic amines is 1. The number of hydrogen-bond acceptors (Lipinski definition) is 7. The molecule has 0 saturated carbocycles. The molecule has 0 radical (unpaired) electrons. The molecule has 31 heavy (non-hydrogen) atoms. The summed E-state index contributed by atoms with van der Waals surface area (Å²) in [5.74, 6) is 0.930. The topological polar surface area (TPSA) is 113 Å². The average molecular weight is 437 g/mol. The van der Waals surface area contributed by atoms with Gasteiger partial charge in [0.1, 0.15) is 5.69 Å². The Kier molecular flexibility index (Phi) is 4.94. The van der Waals surface area contributed by atoms with Crippen LogP contribution in [0, 0.1) is 10.1 Å². The molecule has 4 aromatic rings. The van der Waals surface area contributed by atoms with E-state index in [0.29, 0.717) is 42.8 Å². The van der Waals surface area contributed by atoms with E-state index in [4.69, 9.17) is 0 Å². The van der Waals surface area contributed by atoms with Crippen molar-refractivity contribution in [2.75, 3.05) is 36.8 Å². The first-order valence-corrected chi connectivity index (χ1v) is 10.8. The Morgan fingerprint density at radius 3 is 2.65 bits per heavy atom. The number of nitro benzene ring substituents is 1. The maximum atomic E-state index is 12.8. The number of nitrogens with one attached hydrogen (secondary N) is 1. The van der Waals surface area contributed by atoms with Crippen LogP contribution in [0.5, 0.6) is 0 Å². The van der Waals surface area contributed by atoms with Crippen molar-refractivity contribution in [3.63, 3.8) is 0 Å². The summed E-state index contributed by atoms with van der Waals surface area (Å²) in [6.07, 6.45) is 0. The van der Waals surface area contributed by atoms with Gasteiger partial charge < -0.3 is 9.80 Å². The fourth-order valence-corrected chi connectivity index (χ4v) is 4.70. The van der Waals surface area contributed by atoms with Crippen LogP contribution in [0.15, 0.2) is 53.7 Å². The Hall–Kier alpha value is -3.60. The van der Waals surface area contributed by atoms with Crippen LogP contribution in [-0.4, -0.2) is 67.2 Å². The third-order valence-corrected chi connectivity index (χ3v) is 6.30. The molecule has 2 aromatic heterocycles. The summed E-state index contributed by atoms with van der Waals surface area (Å²) in [7, 11) is 0. The molecule has 1 N–H and O–H groups in total. The molecule has 1 aliphatic heterocycles. The number of amides is 1. The van der Waals surface area contributed by atoms with Crippen LogP contribution in [0.3, 0.4) is 0 Å². The first kappa shape index (κ1) is 19.4. The molecule has 0 atom stereocenters. The van der Waals surface area contributed by atoms with Crippen molar-refractivity contribution in [2.45, 2.75) is 5.16 Å². The molecule has 158 valence electrons. The van der Waals surface area contributed by atoms with Gasteiger partial charge in [0, 0.05) is 32.2 Å². The number of anilines is 1. The van der Waals surface area contributed by atoms with Crippen molar-refractivity contribution >= 4 is 45.9 Å². The van der Waals surface area contributed by atoms with Gasteiger partial charge in [0.05, 0.1) is 21.7 Å². The maximum absolute atomic E-state index is 12.8. The molecule has 1 fully saturated rings. The van der Waals surface area contributed by atoms with Crippen LogP contribution in [0.1, 0.15) is 0 Å². The predicted octanol–water partition coefficient (Wildman–Crippen LogP) is 2.56. The summed E-state index contributed by atoms with van der Waals surface area (Å²) >= 11 is 1.37. The second-order valence-electron chi connectivity index (χ2n) is 7.17. The van der Waals surface area contributed by atoms with Gasteiger partial charge in [0.2, 0.25) is 11.7 Å². The second kappa shape index (κ2) is 7.91. The highest BCUT2D eigenvalue weighted by Gasteiger charge is 2.25. The molecule has 0 spiro atoms. The number of para-hydroxylation sites is 4. The lowest BCUT2D eigenvalue weighted by Crippen LogP contribution is -2.49. The number of carbonyl (C=O) groups is 1. The summed E-state index contributed by atoms with van der Waals surface area (Å²) in [6.45, 7) is 2.16. The van der Waals surface area contributed by atoms with Crippen LogP contribution in [0.4, 0.5) is 11.4 Å². The van der Waals surface area contributed by atoms with Gasteiger partial charge in [-0.3, -0.25) is 19.3 Å². The smallest absolute Gasteiger partial charge is 0.292 e. The SMILES string of the molecule is O=C(CSc1n[nH]c2nc3ccccc3n12)N1CCN(c2ccccc2[N+](=O)[O-])CC1. The molecule has 0 aliphatic carbocycles. The fraction of sp³-hybridized carbons (Fsp3) is 0.250. The summed E-state index contributed by atoms with van der Waals surface area (Å²) in [6, 6.07) is 14.5. The summed E-state index contributed by atoms with van der Waals surface area (Å²) in [5, 5.41) is 19.2. The lowest BCUT2D eigenvalue weighted by Gasteiger charge is -2.35. The highest BCUT2D eigenvalue weighted by atomic mass is 32.2. The average Bonchev–Trinajstić information content (AvgIpc) is 3.37. The number of piperazine rings is 1.